The maximum atomic E-state index is 13.1. The molecule has 0 aromatic heterocycles. The van der Waals surface area contributed by atoms with Gasteiger partial charge in [-0.3, -0.25) is 0 Å². The van der Waals surface area contributed by atoms with Gasteiger partial charge in [-0.15, -0.1) is 0 Å². The zero-order valence-electron chi connectivity index (χ0n) is 15.8. The van der Waals surface area contributed by atoms with Crippen molar-refractivity contribution in [3.05, 3.63) is 59.9 Å². The van der Waals surface area contributed by atoms with E-state index in [4.69, 9.17) is 0 Å². The minimum absolute atomic E-state index is 0.0847. The number of anilines is 1. The van der Waals surface area contributed by atoms with E-state index in [0.717, 1.165) is 12.1 Å². The molecule has 154 valence electrons. The van der Waals surface area contributed by atoms with Gasteiger partial charge in [0.2, 0.25) is 0 Å². The second kappa shape index (κ2) is 8.60. The molecule has 0 aliphatic carbocycles. The fraction of sp³-hybridized carbons (Fsp3) is 0.300. The Morgan fingerprint density at radius 3 is 2.38 bits per heavy atom. The third kappa shape index (κ3) is 4.73. The summed E-state index contributed by atoms with van der Waals surface area (Å²) in [5.74, 6) is -1.00. The summed E-state index contributed by atoms with van der Waals surface area (Å²) < 4.78 is 43.1. The van der Waals surface area contributed by atoms with Crippen LogP contribution in [0.3, 0.4) is 0 Å². The van der Waals surface area contributed by atoms with Gasteiger partial charge in [0.25, 0.3) is 0 Å². The number of amides is 2. The fourth-order valence-corrected chi connectivity index (χ4v) is 4.96. The molecule has 9 heteroatoms. The number of nitrogens with one attached hydrogen (secondary N) is 1. The highest BCUT2D eigenvalue weighted by Crippen LogP contribution is 2.25. The molecule has 1 aliphatic heterocycles. The van der Waals surface area contributed by atoms with Crippen LogP contribution in [0.25, 0.3) is 0 Å². The third-order valence-corrected chi connectivity index (χ3v) is 7.12. The number of piperidine rings is 1. The van der Waals surface area contributed by atoms with Crippen molar-refractivity contribution in [2.24, 2.45) is 0 Å². The molecule has 0 atom stereocenters. The molecule has 1 N–H and O–H groups in total. The Labute approximate surface area is 168 Å². The van der Waals surface area contributed by atoms with E-state index in [9.17, 15) is 22.4 Å². The van der Waals surface area contributed by atoms with Crippen molar-refractivity contribution in [1.29, 1.82) is 0 Å². The van der Waals surface area contributed by atoms with Gasteiger partial charge in [0.1, 0.15) is 5.82 Å². The number of hydrogen-bond acceptors (Lipinski definition) is 5. The third-order valence-electron chi connectivity index (χ3n) is 4.85. The number of sulfone groups is 1. The number of methoxy groups -OCH3 is 1. The molecule has 2 amide bonds. The van der Waals surface area contributed by atoms with Gasteiger partial charge in [0, 0.05) is 18.8 Å². The molecule has 2 aromatic rings. The number of benzene rings is 2. The minimum Gasteiger partial charge on any atom is -0.465 e. The molecule has 1 saturated heterocycles. The monoisotopic (exact) mass is 420 g/mol. The summed E-state index contributed by atoms with van der Waals surface area (Å²) in [5.41, 5.74) is 0.758. The predicted molar refractivity (Wildman–Crippen MR) is 105 cm³/mol. The Bertz CT molecular complexity index is 1000. The molecule has 7 nitrogen and oxygen atoms in total. The van der Waals surface area contributed by atoms with E-state index >= 15 is 0 Å². The summed E-state index contributed by atoms with van der Waals surface area (Å²) in [4.78, 5) is 25.7. The number of halogens is 1. The lowest BCUT2D eigenvalue weighted by Crippen LogP contribution is -2.44. The van der Waals surface area contributed by atoms with Crippen LogP contribution in [-0.4, -0.2) is 50.8 Å². The van der Waals surface area contributed by atoms with Gasteiger partial charge in [-0.2, -0.15) is 0 Å². The molecule has 29 heavy (non-hydrogen) atoms. The Balaban J connectivity index is 1.61. The van der Waals surface area contributed by atoms with Crippen LogP contribution in [0.5, 0.6) is 0 Å². The molecular formula is C20H21FN2O5S. The smallest absolute Gasteiger partial charge is 0.337 e. The summed E-state index contributed by atoms with van der Waals surface area (Å²) in [5, 5.41) is 2.09. The van der Waals surface area contributed by atoms with Gasteiger partial charge in [-0.05, 0) is 55.3 Å². The lowest BCUT2D eigenvalue weighted by Gasteiger charge is -2.31. The van der Waals surface area contributed by atoms with E-state index in [1.807, 2.05) is 0 Å². The summed E-state index contributed by atoms with van der Waals surface area (Å²) in [7, 11) is -2.31. The number of rotatable bonds is 4. The molecular weight excluding hydrogens is 399 g/mol. The molecule has 2 aromatic carbocycles. The van der Waals surface area contributed by atoms with Crippen LogP contribution in [0.4, 0.5) is 14.9 Å². The summed E-state index contributed by atoms with van der Waals surface area (Å²) in [6.45, 7) is 0.543. The molecule has 0 spiro atoms. The molecule has 1 heterocycles. The largest absolute Gasteiger partial charge is 0.465 e. The average Bonchev–Trinajstić information content (AvgIpc) is 2.73. The van der Waals surface area contributed by atoms with E-state index < -0.39 is 26.9 Å². The van der Waals surface area contributed by atoms with E-state index in [0.29, 0.717) is 11.3 Å². The maximum absolute atomic E-state index is 13.1. The number of esters is 1. The van der Waals surface area contributed by atoms with Gasteiger partial charge in [0.15, 0.2) is 9.84 Å². The number of nitrogens with zero attached hydrogens (tertiary/aromatic N) is 1. The Kier molecular flexibility index (Phi) is 6.17. The Morgan fingerprint density at radius 1 is 1.10 bits per heavy atom. The quantitative estimate of drug-likeness (QED) is 0.606. The van der Waals surface area contributed by atoms with Crippen LogP contribution >= 0.6 is 0 Å². The summed E-state index contributed by atoms with van der Waals surface area (Å²) in [6, 6.07) is 10.8. The van der Waals surface area contributed by atoms with E-state index in [1.165, 1.54) is 30.2 Å². The molecule has 3 rings (SSSR count). The van der Waals surface area contributed by atoms with Gasteiger partial charge < -0.3 is 15.0 Å². The molecule has 0 unspecified atom stereocenters. The number of carbonyl (C=O) groups excluding carboxylic acids is 2. The summed E-state index contributed by atoms with van der Waals surface area (Å²) in [6.07, 6.45) is 0.574. The zero-order valence-corrected chi connectivity index (χ0v) is 16.6. The molecule has 1 fully saturated rings. The number of likely N-dealkylation sites (tertiary alicyclic amines) is 1. The van der Waals surface area contributed by atoms with E-state index in [-0.39, 0.29) is 36.9 Å². The second-order valence-corrected chi connectivity index (χ2v) is 8.92. The average molecular weight is 420 g/mol. The standard InChI is InChI=1S/C20H21FN2O5S/c1-28-19(24)14-3-2-4-16(13-14)22-20(25)23-11-9-18(10-12-23)29(26,27)17-7-5-15(21)6-8-17/h2-8,13,18H,9-12H2,1H3,(H,22,25). The molecule has 0 radical (unpaired) electrons. The fourth-order valence-electron chi connectivity index (χ4n) is 3.23. The van der Waals surface area contributed by atoms with Crippen LogP contribution in [0, 0.1) is 5.82 Å². The van der Waals surface area contributed by atoms with Gasteiger partial charge >= 0.3 is 12.0 Å². The van der Waals surface area contributed by atoms with Crippen molar-refractivity contribution < 1.29 is 27.1 Å². The highest BCUT2D eigenvalue weighted by atomic mass is 32.2. The van der Waals surface area contributed by atoms with Crippen molar-refractivity contribution in [3.63, 3.8) is 0 Å². The lowest BCUT2D eigenvalue weighted by atomic mass is 10.1. The first-order valence-corrected chi connectivity index (χ1v) is 10.6. The first-order chi connectivity index (χ1) is 13.8. The topological polar surface area (TPSA) is 92.8 Å². The van der Waals surface area contributed by atoms with Crippen LogP contribution in [0.1, 0.15) is 23.2 Å². The molecule has 0 bridgehead atoms. The summed E-state index contributed by atoms with van der Waals surface area (Å²) >= 11 is 0. The maximum Gasteiger partial charge on any atom is 0.337 e. The predicted octanol–water partition coefficient (Wildman–Crippen LogP) is 3.08. The minimum atomic E-state index is -3.58. The number of hydrogen-bond donors (Lipinski definition) is 1. The number of carbonyl (C=O) groups is 2. The van der Waals surface area contributed by atoms with Crippen LogP contribution in [0.15, 0.2) is 53.4 Å². The Morgan fingerprint density at radius 2 is 1.76 bits per heavy atom. The van der Waals surface area contributed by atoms with Gasteiger partial charge in [0.05, 0.1) is 22.8 Å². The normalized spacial score (nSPS) is 15.0. The van der Waals surface area contributed by atoms with Crippen molar-refractivity contribution in [2.45, 2.75) is 23.0 Å². The highest BCUT2D eigenvalue weighted by Gasteiger charge is 2.32. The Hall–Kier alpha value is -2.94. The molecule has 1 aliphatic rings. The van der Waals surface area contributed by atoms with E-state index in [1.54, 1.807) is 18.2 Å². The number of ether oxygens (including phenoxy) is 1. The first kappa shape index (κ1) is 20.8. The SMILES string of the molecule is COC(=O)c1cccc(NC(=O)N2CCC(S(=O)(=O)c3ccc(F)cc3)CC2)c1. The second-order valence-electron chi connectivity index (χ2n) is 6.69. The van der Waals surface area contributed by atoms with Crippen molar-refractivity contribution in [3.8, 4) is 0 Å². The first-order valence-electron chi connectivity index (χ1n) is 9.05. The van der Waals surface area contributed by atoms with Gasteiger partial charge in [-0.25, -0.2) is 22.4 Å². The number of urea groups is 1. The molecule has 0 saturated carbocycles. The van der Waals surface area contributed by atoms with Crippen molar-refractivity contribution in [2.75, 3.05) is 25.5 Å². The van der Waals surface area contributed by atoms with Crippen molar-refractivity contribution in [1.82, 2.24) is 4.90 Å². The van der Waals surface area contributed by atoms with Gasteiger partial charge in [-0.1, -0.05) is 6.07 Å². The van der Waals surface area contributed by atoms with E-state index in [2.05, 4.69) is 10.1 Å². The van der Waals surface area contributed by atoms with Crippen molar-refractivity contribution >= 4 is 27.5 Å². The van der Waals surface area contributed by atoms with Crippen LogP contribution in [0.2, 0.25) is 0 Å². The highest BCUT2D eigenvalue weighted by molar-refractivity contribution is 7.92. The zero-order chi connectivity index (χ0) is 21.0. The lowest BCUT2D eigenvalue weighted by molar-refractivity contribution is 0.0600. The van der Waals surface area contributed by atoms with Crippen LogP contribution < -0.4 is 5.32 Å². The van der Waals surface area contributed by atoms with Crippen LogP contribution in [-0.2, 0) is 14.6 Å².